The zero-order chi connectivity index (χ0) is 20.3. The Hall–Kier alpha value is -2.11. The van der Waals surface area contributed by atoms with Crippen LogP contribution >= 0.6 is 0 Å². The van der Waals surface area contributed by atoms with Gasteiger partial charge in [0.2, 0.25) is 0 Å². The van der Waals surface area contributed by atoms with E-state index in [-0.39, 0.29) is 41.4 Å². The molecule has 0 unspecified atom stereocenters. The number of Topliss-reactive ketones (excluding diaryl/α,β-unsaturated/α-hetero) is 1. The van der Waals surface area contributed by atoms with E-state index in [9.17, 15) is 14.4 Å². The van der Waals surface area contributed by atoms with E-state index in [1.165, 1.54) is 7.11 Å². The standard InChI is InChI=1S/C22H28O6/c1-12-9-15(19(24)26-4)21(2)7-5-14-20(25)28-16(13-6-8-27-11-13)10-22(14,3)18(21)17(12)23/h6,8,11-12,14-16,18H,5,7,9-10H2,1-4H3/t12-,14+,15+,16+,18+,21+,22+/m1/s1. The van der Waals surface area contributed by atoms with Gasteiger partial charge in [0, 0.05) is 17.4 Å². The monoisotopic (exact) mass is 388 g/mol. The first-order chi connectivity index (χ1) is 13.2. The summed E-state index contributed by atoms with van der Waals surface area (Å²) in [4.78, 5) is 39.0. The van der Waals surface area contributed by atoms with Crippen LogP contribution in [0.2, 0.25) is 0 Å². The first kappa shape index (κ1) is 19.2. The maximum atomic E-state index is 13.5. The van der Waals surface area contributed by atoms with E-state index in [4.69, 9.17) is 13.9 Å². The third kappa shape index (κ3) is 2.56. The van der Waals surface area contributed by atoms with E-state index in [0.29, 0.717) is 25.7 Å². The molecule has 0 spiro atoms. The topological polar surface area (TPSA) is 82.8 Å². The number of carbonyl (C=O) groups is 3. The molecule has 0 aromatic carbocycles. The summed E-state index contributed by atoms with van der Waals surface area (Å²) in [7, 11) is 1.40. The minimum Gasteiger partial charge on any atom is -0.472 e. The zero-order valence-corrected chi connectivity index (χ0v) is 16.9. The van der Waals surface area contributed by atoms with Gasteiger partial charge in [-0.2, -0.15) is 0 Å². The van der Waals surface area contributed by atoms with Crippen molar-refractivity contribution in [1.82, 2.24) is 0 Å². The van der Waals surface area contributed by atoms with Gasteiger partial charge in [0.15, 0.2) is 0 Å². The van der Waals surface area contributed by atoms with Crippen LogP contribution in [0.3, 0.4) is 0 Å². The highest BCUT2D eigenvalue weighted by atomic mass is 16.5. The van der Waals surface area contributed by atoms with Gasteiger partial charge >= 0.3 is 11.9 Å². The van der Waals surface area contributed by atoms with Crippen molar-refractivity contribution >= 4 is 17.7 Å². The van der Waals surface area contributed by atoms with E-state index in [2.05, 4.69) is 0 Å². The number of ether oxygens (including phenoxy) is 2. The van der Waals surface area contributed by atoms with E-state index in [0.717, 1.165) is 5.56 Å². The zero-order valence-electron chi connectivity index (χ0n) is 16.9. The molecule has 1 aliphatic heterocycles. The van der Waals surface area contributed by atoms with E-state index in [1.807, 2.05) is 20.8 Å². The second-order valence-electron chi connectivity index (χ2n) is 9.34. The fourth-order valence-electron chi connectivity index (χ4n) is 6.40. The second-order valence-corrected chi connectivity index (χ2v) is 9.34. The molecule has 3 fully saturated rings. The highest BCUT2D eigenvalue weighted by Crippen LogP contribution is 2.65. The molecule has 7 atom stereocenters. The van der Waals surface area contributed by atoms with Crippen molar-refractivity contribution in [2.24, 2.45) is 34.5 Å². The smallest absolute Gasteiger partial charge is 0.310 e. The highest BCUT2D eigenvalue weighted by molar-refractivity contribution is 5.90. The molecule has 3 aliphatic rings. The summed E-state index contributed by atoms with van der Waals surface area (Å²) in [6, 6.07) is 1.80. The summed E-state index contributed by atoms with van der Waals surface area (Å²) < 4.78 is 16.0. The van der Waals surface area contributed by atoms with Crippen molar-refractivity contribution in [3.8, 4) is 0 Å². The van der Waals surface area contributed by atoms with Crippen molar-refractivity contribution in [2.45, 2.75) is 52.6 Å². The summed E-state index contributed by atoms with van der Waals surface area (Å²) in [6.45, 7) is 5.97. The summed E-state index contributed by atoms with van der Waals surface area (Å²) in [6.07, 6.45) is 5.04. The fourth-order valence-corrected chi connectivity index (χ4v) is 6.40. The number of cyclic esters (lactones) is 1. The van der Waals surface area contributed by atoms with Crippen LogP contribution in [0.1, 0.15) is 58.1 Å². The number of hydrogen-bond acceptors (Lipinski definition) is 6. The Labute approximate surface area is 164 Å². The molecule has 1 saturated heterocycles. The highest BCUT2D eigenvalue weighted by Gasteiger charge is 2.66. The first-order valence-electron chi connectivity index (χ1n) is 10.1. The normalized spacial score (nSPS) is 42.9. The van der Waals surface area contributed by atoms with Gasteiger partial charge in [0.05, 0.1) is 31.5 Å². The number of furan rings is 1. The lowest BCUT2D eigenvalue weighted by Crippen LogP contribution is -2.63. The molecule has 1 aromatic rings. The van der Waals surface area contributed by atoms with Gasteiger partial charge in [-0.25, -0.2) is 0 Å². The Morgan fingerprint density at radius 3 is 2.64 bits per heavy atom. The Balaban J connectivity index is 1.79. The van der Waals surface area contributed by atoms with Crippen LogP contribution in [0.4, 0.5) is 0 Å². The molecule has 4 rings (SSSR count). The Kier molecular flexibility index (Phi) is 4.43. The lowest BCUT2D eigenvalue weighted by atomic mass is 9.42. The Morgan fingerprint density at radius 2 is 2.00 bits per heavy atom. The van der Waals surface area contributed by atoms with E-state index >= 15 is 0 Å². The molecule has 2 aliphatic carbocycles. The largest absolute Gasteiger partial charge is 0.472 e. The summed E-state index contributed by atoms with van der Waals surface area (Å²) in [5.74, 6) is -1.62. The SMILES string of the molecule is COC(=O)[C@@H]1C[C@@H](C)C(=O)[C@H]2[C@@]1(C)CC[C@H]1C(=O)O[C@H](c3ccoc3)C[C@]21C. The van der Waals surface area contributed by atoms with E-state index < -0.39 is 16.9 Å². The Bertz CT molecular complexity index is 798. The van der Waals surface area contributed by atoms with Gasteiger partial charge in [-0.3, -0.25) is 14.4 Å². The average Bonchev–Trinajstić information content (AvgIpc) is 3.18. The molecular formula is C22H28O6. The molecule has 6 nitrogen and oxygen atoms in total. The van der Waals surface area contributed by atoms with E-state index in [1.54, 1.807) is 18.6 Å². The number of hydrogen-bond donors (Lipinski definition) is 0. The average molecular weight is 388 g/mol. The molecule has 0 radical (unpaired) electrons. The molecule has 28 heavy (non-hydrogen) atoms. The third-order valence-corrected chi connectivity index (χ3v) is 7.81. The molecule has 0 N–H and O–H groups in total. The van der Waals surface area contributed by atoms with Crippen LogP contribution in [0.15, 0.2) is 23.0 Å². The van der Waals surface area contributed by atoms with Crippen LogP contribution in [-0.2, 0) is 23.9 Å². The predicted octanol–water partition coefficient (Wildman–Crippen LogP) is 3.70. The number of rotatable bonds is 2. The first-order valence-corrected chi connectivity index (χ1v) is 10.1. The minimum atomic E-state index is -0.567. The maximum absolute atomic E-state index is 13.5. The summed E-state index contributed by atoms with van der Waals surface area (Å²) >= 11 is 0. The van der Waals surface area contributed by atoms with Crippen LogP contribution in [0.5, 0.6) is 0 Å². The molecule has 2 saturated carbocycles. The van der Waals surface area contributed by atoms with Gasteiger partial charge in [-0.1, -0.05) is 20.8 Å². The third-order valence-electron chi connectivity index (χ3n) is 7.81. The van der Waals surface area contributed by atoms with Crippen molar-refractivity contribution in [1.29, 1.82) is 0 Å². The van der Waals surface area contributed by atoms with Crippen molar-refractivity contribution in [3.63, 3.8) is 0 Å². The summed E-state index contributed by atoms with van der Waals surface area (Å²) in [5.41, 5.74) is -0.274. The quantitative estimate of drug-likeness (QED) is 0.719. The molecule has 6 heteroatoms. The van der Waals surface area contributed by atoms with Crippen LogP contribution in [-0.4, -0.2) is 24.8 Å². The fraction of sp³-hybridized carbons (Fsp3) is 0.682. The van der Waals surface area contributed by atoms with Crippen LogP contribution in [0, 0.1) is 34.5 Å². The predicted molar refractivity (Wildman–Crippen MR) is 98.9 cm³/mol. The van der Waals surface area contributed by atoms with Crippen molar-refractivity contribution < 1.29 is 28.3 Å². The van der Waals surface area contributed by atoms with Gasteiger partial charge in [0.25, 0.3) is 0 Å². The molecule has 152 valence electrons. The Morgan fingerprint density at radius 1 is 1.25 bits per heavy atom. The maximum Gasteiger partial charge on any atom is 0.310 e. The van der Waals surface area contributed by atoms with Gasteiger partial charge in [-0.15, -0.1) is 0 Å². The van der Waals surface area contributed by atoms with Gasteiger partial charge < -0.3 is 13.9 Å². The van der Waals surface area contributed by atoms with Crippen molar-refractivity contribution in [3.05, 3.63) is 24.2 Å². The lowest BCUT2D eigenvalue weighted by Gasteiger charge is -2.61. The van der Waals surface area contributed by atoms with Crippen molar-refractivity contribution in [2.75, 3.05) is 7.11 Å². The molecular weight excluding hydrogens is 360 g/mol. The number of carbonyl (C=O) groups excluding carboxylic acids is 3. The van der Waals surface area contributed by atoms with Gasteiger partial charge in [-0.05, 0) is 42.6 Å². The molecule has 2 heterocycles. The second kappa shape index (κ2) is 6.46. The molecule has 1 aromatic heterocycles. The number of methoxy groups -OCH3 is 1. The van der Waals surface area contributed by atoms with Crippen LogP contribution < -0.4 is 0 Å². The number of ketones is 1. The van der Waals surface area contributed by atoms with Crippen LogP contribution in [0.25, 0.3) is 0 Å². The molecule has 0 bridgehead atoms. The summed E-state index contributed by atoms with van der Waals surface area (Å²) in [5, 5.41) is 0. The number of esters is 2. The lowest BCUT2D eigenvalue weighted by molar-refractivity contribution is -0.204. The number of fused-ring (bicyclic) bond motifs is 3. The minimum absolute atomic E-state index is 0.162. The molecule has 0 amide bonds. The van der Waals surface area contributed by atoms with Gasteiger partial charge in [0.1, 0.15) is 11.9 Å².